The van der Waals surface area contributed by atoms with E-state index in [2.05, 4.69) is 79.2 Å². The van der Waals surface area contributed by atoms with E-state index in [1.807, 2.05) is 82.8 Å². The Morgan fingerprint density at radius 3 is 1.51 bits per heavy atom. The third-order valence-corrected chi connectivity index (χ3v) is 11.4. The highest BCUT2D eigenvalue weighted by Gasteiger charge is 2.47. The molecule has 2 amide bonds. The standard InChI is InChI=1S/C25H28FN3O2.C14H18BrNO2.C11H11FN2/c1-17(18-7-11-21(26)12-8-18)29-16-27-15-22(29)19-5-9-20(10-6-19)25(13-14-25)28-23(30)31-24(2,3)4;1-13(2,3)18-12(17)16-14(8-9-14)10-4-6-11(15)7-5-10;1-9(14-7-6-13-8-14)10-2-4-11(12)5-3-10/h5-12,15-17H,13-14H2,1-4H3,(H,28,30);4-7H,8-9H2,1-3H3,(H,16,17);2-9H,1H3/t17-;;9-/m1.1/s1. The van der Waals surface area contributed by atoms with Crippen molar-refractivity contribution in [2.45, 2.75) is 115 Å². The first kappa shape index (κ1) is 46.7. The van der Waals surface area contributed by atoms with Crippen LogP contribution < -0.4 is 10.6 Å². The summed E-state index contributed by atoms with van der Waals surface area (Å²) in [5.41, 5.74) is 4.75. The van der Waals surface area contributed by atoms with Crippen LogP contribution in [0.1, 0.15) is 115 Å². The Kier molecular flexibility index (Phi) is 14.3. The van der Waals surface area contributed by atoms with Gasteiger partial charge in [0.1, 0.15) is 22.8 Å². The molecule has 8 rings (SSSR count). The highest BCUT2D eigenvalue weighted by molar-refractivity contribution is 9.10. The molecule has 2 fully saturated rings. The number of amides is 2. The van der Waals surface area contributed by atoms with Crippen LogP contribution in [0.5, 0.6) is 0 Å². The van der Waals surface area contributed by atoms with Gasteiger partial charge in [0.15, 0.2) is 0 Å². The number of halogens is 3. The summed E-state index contributed by atoms with van der Waals surface area (Å²) in [6.45, 7) is 15.3. The molecular formula is C50H57BrF2N6O4. The molecule has 0 aliphatic heterocycles. The summed E-state index contributed by atoms with van der Waals surface area (Å²) >= 11 is 3.41. The zero-order valence-corrected chi connectivity index (χ0v) is 38.7. The number of benzene rings is 4. The van der Waals surface area contributed by atoms with E-state index in [0.29, 0.717) is 0 Å². The number of carbonyl (C=O) groups is 2. The van der Waals surface area contributed by atoms with E-state index in [0.717, 1.165) is 63.7 Å². The lowest BCUT2D eigenvalue weighted by Crippen LogP contribution is -2.39. The van der Waals surface area contributed by atoms with Crippen LogP contribution >= 0.6 is 15.9 Å². The summed E-state index contributed by atoms with van der Waals surface area (Å²) in [7, 11) is 0. The monoisotopic (exact) mass is 922 g/mol. The minimum Gasteiger partial charge on any atom is -0.444 e. The average Bonchev–Trinajstić information content (AvgIpc) is 4.03. The molecule has 4 aromatic carbocycles. The predicted molar refractivity (Wildman–Crippen MR) is 245 cm³/mol. The smallest absolute Gasteiger partial charge is 0.408 e. The fraction of sp³-hybridized carbons (Fsp3) is 0.360. The van der Waals surface area contributed by atoms with Crippen molar-refractivity contribution < 1.29 is 27.8 Å². The second-order valence-electron chi connectivity index (χ2n) is 18.2. The number of imidazole rings is 2. The van der Waals surface area contributed by atoms with Crippen molar-refractivity contribution in [3.63, 3.8) is 0 Å². The highest BCUT2D eigenvalue weighted by Crippen LogP contribution is 2.47. The first-order chi connectivity index (χ1) is 29.7. The molecule has 2 heterocycles. The lowest BCUT2D eigenvalue weighted by molar-refractivity contribution is 0.0483. The van der Waals surface area contributed by atoms with Gasteiger partial charge in [-0.1, -0.05) is 76.6 Å². The number of aromatic nitrogens is 4. The van der Waals surface area contributed by atoms with Gasteiger partial charge in [0, 0.05) is 16.9 Å². The summed E-state index contributed by atoms with van der Waals surface area (Å²) in [4.78, 5) is 32.4. The summed E-state index contributed by atoms with van der Waals surface area (Å²) < 4.78 is 41.8. The van der Waals surface area contributed by atoms with Gasteiger partial charge in [0.2, 0.25) is 0 Å². The summed E-state index contributed by atoms with van der Waals surface area (Å²) in [5, 5.41) is 6.02. The van der Waals surface area contributed by atoms with Gasteiger partial charge in [-0.25, -0.2) is 28.3 Å². The van der Waals surface area contributed by atoms with Crippen molar-refractivity contribution >= 4 is 28.1 Å². The zero-order valence-electron chi connectivity index (χ0n) is 37.2. The van der Waals surface area contributed by atoms with E-state index in [4.69, 9.17) is 9.47 Å². The molecule has 2 saturated carbocycles. The number of hydrogen-bond donors (Lipinski definition) is 2. The first-order valence-electron chi connectivity index (χ1n) is 21.1. The van der Waals surface area contributed by atoms with Crippen molar-refractivity contribution in [2.75, 3.05) is 0 Å². The van der Waals surface area contributed by atoms with E-state index in [1.165, 1.54) is 24.3 Å². The van der Waals surface area contributed by atoms with E-state index < -0.39 is 11.2 Å². The topological polar surface area (TPSA) is 112 Å². The Bertz CT molecular complexity index is 2420. The maximum absolute atomic E-state index is 13.3. The summed E-state index contributed by atoms with van der Waals surface area (Å²) in [5.74, 6) is -0.446. The van der Waals surface area contributed by atoms with Crippen molar-refractivity contribution in [3.8, 4) is 11.3 Å². The molecule has 0 bridgehead atoms. The lowest BCUT2D eigenvalue weighted by Gasteiger charge is -2.24. The van der Waals surface area contributed by atoms with Crippen LogP contribution in [0.2, 0.25) is 0 Å². The van der Waals surface area contributed by atoms with Crippen LogP contribution in [0, 0.1) is 11.6 Å². The van der Waals surface area contributed by atoms with Gasteiger partial charge in [0.25, 0.3) is 0 Å². The molecule has 2 atom stereocenters. The van der Waals surface area contributed by atoms with Gasteiger partial charge < -0.3 is 29.2 Å². The number of hydrogen-bond acceptors (Lipinski definition) is 6. The van der Waals surface area contributed by atoms with Crippen LogP contribution in [0.25, 0.3) is 11.3 Å². The zero-order chi connectivity index (χ0) is 45.6. The van der Waals surface area contributed by atoms with Crippen molar-refractivity contribution in [3.05, 3.63) is 167 Å². The van der Waals surface area contributed by atoms with Crippen molar-refractivity contribution in [1.82, 2.24) is 29.7 Å². The Labute approximate surface area is 377 Å². The number of nitrogens with zero attached hydrogens (tertiary/aromatic N) is 4. The van der Waals surface area contributed by atoms with E-state index in [-0.39, 0.29) is 47.0 Å². The molecule has 2 aromatic heterocycles. The molecule has 332 valence electrons. The second kappa shape index (κ2) is 19.3. The molecule has 2 N–H and O–H groups in total. The van der Waals surface area contributed by atoms with Crippen LogP contribution in [0.15, 0.2) is 133 Å². The summed E-state index contributed by atoms with van der Waals surface area (Å²) in [6.07, 6.45) is 12.0. The van der Waals surface area contributed by atoms with Crippen molar-refractivity contribution in [1.29, 1.82) is 0 Å². The number of nitrogens with one attached hydrogen (secondary N) is 2. The van der Waals surface area contributed by atoms with Gasteiger partial charge in [0.05, 0.1) is 47.7 Å². The molecule has 0 unspecified atom stereocenters. The van der Waals surface area contributed by atoms with Gasteiger partial charge in [-0.05, 0) is 145 Å². The SMILES string of the molecule is CC(C)(C)OC(=O)NC1(c2ccc(Br)cc2)CC1.C[C@H](c1ccc(F)cc1)n1ccnc1.C[C@H](c1ccc(F)cc1)n1cncc1-c1ccc(C2(NC(=O)OC(C)(C)C)CC2)cc1. The maximum Gasteiger partial charge on any atom is 0.408 e. The first-order valence-corrected chi connectivity index (χ1v) is 21.9. The third kappa shape index (κ3) is 12.9. The molecule has 10 nitrogen and oxygen atoms in total. The quantitative estimate of drug-likeness (QED) is 0.149. The van der Waals surface area contributed by atoms with E-state index in [9.17, 15) is 18.4 Å². The molecule has 0 spiro atoms. The Morgan fingerprint density at radius 1 is 0.651 bits per heavy atom. The molecular weight excluding hydrogens is 866 g/mol. The average molecular weight is 924 g/mol. The number of carbonyl (C=O) groups excluding carboxylic acids is 2. The third-order valence-electron chi connectivity index (χ3n) is 10.9. The van der Waals surface area contributed by atoms with Crippen LogP contribution in [-0.2, 0) is 20.6 Å². The van der Waals surface area contributed by atoms with E-state index in [1.54, 1.807) is 43.1 Å². The van der Waals surface area contributed by atoms with Crippen LogP contribution in [0.3, 0.4) is 0 Å². The fourth-order valence-electron chi connectivity index (χ4n) is 7.10. The summed E-state index contributed by atoms with van der Waals surface area (Å²) in [6, 6.07) is 29.6. The molecule has 2 aliphatic carbocycles. The molecule has 63 heavy (non-hydrogen) atoms. The van der Waals surface area contributed by atoms with Crippen LogP contribution in [-0.4, -0.2) is 42.5 Å². The number of rotatable bonds is 9. The molecule has 2 aliphatic rings. The molecule has 0 radical (unpaired) electrons. The minimum atomic E-state index is -0.524. The molecule has 0 saturated heterocycles. The van der Waals surface area contributed by atoms with Gasteiger partial charge in [-0.3, -0.25) is 0 Å². The Balaban J connectivity index is 0.000000174. The minimum absolute atomic E-state index is 0.0152. The van der Waals surface area contributed by atoms with Gasteiger partial charge in [-0.2, -0.15) is 0 Å². The number of ether oxygens (including phenoxy) is 2. The molecule has 6 aromatic rings. The largest absolute Gasteiger partial charge is 0.444 e. The fourth-order valence-corrected chi connectivity index (χ4v) is 7.36. The lowest BCUT2D eigenvalue weighted by atomic mass is 10.0. The Morgan fingerprint density at radius 2 is 1.10 bits per heavy atom. The number of alkyl carbamates (subject to hydrolysis) is 2. The van der Waals surface area contributed by atoms with Gasteiger partial charge >= 0.3 is 12.2 Å². The van der Waals surface area contributed by atoms with Crippen molar-refractivity contribution in [2.24, 2.45) is 0 Å². The van der Waals surface area contributed by atoms with Gasteiger partial charge in [-0.15, -0.1) is 0 Å². The molecule has 13 heteroatoms. The predicted octanol–water partition coefficient (Wildman–Crippen LogP) is 12.4. The highest BCUT2D eigenvalue weighted by atomic mass is 79.9. The maximum atomic E-state index is 13.3. The Hall–Kier alpha value is -5.82. The van der Waals surface area contributed by atoms with Crippen LogP contribution in [0.4, 0.5) is 18.4 Å². The normalized spacial score (nSPS) is 15.5. The second-order valence-corrected chi connectivity index (χ2v) is 19.1. The van der Waals surface area contributed by atoms with E-state index >= 15 is 0 Å².